The normalized spacial score (nSPS) is 14.9. The van der Waals surface area contributed by atoms with Crippen LogP contribution in [-0.2, 0) is 13.0 Å². The highest BCUT2D eigenvalue weighted by atomic mass is 16.5. The van der Waals surface area contributed by atoms with Gasteiger partial charge in [-0.25, -0.2) is 0 Å². The van der Waals surface area contributed by atoms with Gasteiger partial charge in [0.1, 0.15) is 0 Å². The zero-order valence-electron chi connectivity index (χ0n) is 10.3. The molecule has 0 saturated heterocycles. The zero-order valence-corrected chi connectivity index (χ0v) is 10.3. The predicted octanol–water partition coefficient (Wildman–Crippen LogP) is 2.28. The number of hydrogen-bond donors (Lipinski definition) is 1. The van der Waals surface area contributed by atoms with Crippen molar-refractivity contribution in [1.82, 2.24) is 15.5 Å². The number of hydrogen-bond acceptors (Lipinski definition) is 4. The maximum atomic E-state index is 4.94. The van der Waals surface area contributed by atoms with Gasteiger partial charge in [0.05, 0.1) is 0 Å². The Morgan fingerprint density at radius 3 is 3.06 bits per heavy atom. The van der Waals surface area contributed by atoms with Gasteiger partial charge in [-0.3, -0.25) is 0 Å². The Balaban J connectivity index is 1.46. The van der Waals surface area contributed by atoms with Crippen LogP contribution in [0.25, 0.3) is 0 Å². The quantitative estimate of drug-likeness (QED) is 0.791. The fourth-order valence-corrected chi connectivity index (χ4v) is 2.11. The van der Waals surface area contributed by atoms with Gasteiger partial charge in [0.25, 0.3) is 0 Å². The van der Waals surface area contributed by atoms with Crippen LogP contribution in [0.1, 0.15) is 35.8 Å². The van der Waals surface area contributed by atoms with Gasteiger partial charge in [-0.05, 0) is 29.9 Å². The molecule has 0 spiro atoms. The Hall–Kier alpha value is -1.68. The van der Waals surface area contributed by atoms with Gasteiger partial charge in [-0.2, -0.15) is 4.98 Å². The van der Waals surface area contributed by atoms with Crippen molar-refractivity contribution in [2.45, 2.75) is 31.7 Å². The molecule has 1 aromatic carbocycles. The molecule has 0 amide bonds. The van der Waals surface area contributed by atoms with Crippen molar-refractivity contribution in [3.05, 3.63) is 47.6 Å². The smallest absolute Gasteiger partial charge is 0.227 e. The maximum absolute atomic E-state index is 4.94. The monoisotopic (exact) mass is 243 g/mol. The second-order valence-corrected chi connectivity index (χ2v) is 4.78. The second kappa shape index (κ2) is 5.31. The molecule has 0 unspecified atom stereocenters. The molecule has 0 atom stereocenters. The van der Waals surface area contributed by atoms with E-state index in [-0.39, 0.29) is 0 Å². The summed E-state index contributed by atoms with van der Waals surface area (Å²) in [5.74, 6) is 1.51. The van der Waals surface area contributed by atoms with Crippen LogP contribution in [0, 0.1) is 0 Å². The molecular weight excluding hydrogens is 226 g/mol. The number of benzene rings is 1. The minimum atomic E-state index is 0.689. The van der Waals surface area contributed by atoms with E-state index in [1.54, 1.807) is 0 Å². The average Bonchev–Trinajstić information content (AvgIpc) is 3.13. The molecule has 1 saturated carbocycles. The molecule has 1 aliphatic carbocycles. The summed E-state index contributed by atoms with van der Waals surface area (Å²) in [6.07, 6.45) is 4.93. The minimum Gasteiger partial charge on any atom is -0.340 e. The molecule has 3 rings (SSSR count). The van der Waals surface area contributed by atoms with Crippen LogP contribution in [0.2, 0.25) is 0 Å². The highest BCUT2D eigenvalue weighted by Crippen LogP contribution is 2.40. The first-order chi connectivity index (χ1) is 8.92. The molecule has 1 heterocycles. The number of rotatable bonds is 6. The average molecular weight is 243 g/mol. The maximum Gasteiger partial charge on any atom is 0.227 e. The van der Waals surface area contributed by atoms with E-state index in [9.17, 15) is 0 Å². The van der Waals surface area contributed by atoms with E-state index in [4.69, 9.17) is 4.52 Å². The van der Waals surface area contributed by atoms with Gasteiger partial charge in [0, 0.05) is 19.5 Å². The fourth-order valence-electron chi connectivity index (χ4n) is 2.11. The number of nitrogens with one attached hydrogen (secondary N) is 1. The molecule has 4 nitrogen and oxygen atoms in total. The van der Waals surface area contributed by atoms with Crippen LogP contribution < -0.4 is 5.32 Å². The Labute approximate surface area is 106 Å². The summed E-state index contributed by atoms with van der Waals surface area (Å²) in [5.41, 5.74) is 2.84. The van der Waals surface area contributed by atoms with Gasteiger partial charge in [-0.1, -0.05) is 29.4 Å². The van der Waals surface area contributed by atoms with Crippen LogP contribution in [0.3, 0.4) is 0 Å². The Morgan fingerprint density at radius 2 is 2.28 bits per heavy atom. The molecule has 2 aromatic rings. The lowest BCUT2D eigenvalue weighted by Crippen LogP contribution is -2.16. The van der Waals surface area contributed by atoms with Crippen molar-refractivity contribution in [1.29, 1.82) is 0 Å². The lowest BCUT2D eigenvalue weighted by atomic mass is 10.1. The molecule has 1 fully saturated rings. The van der Waals surface area contributed by atoms with Gasteiger partial charge in [-0.15, -0.1) is 0 Å². The molecular formula is C14H17N3O. The molecule has 4 heteroatoms. The van der Waals surface area contributed by atoms with Crippen molar-refractivity contribution >= 4 is 0 Å². The van der Waals surface area contributed by atoms with E-state index >= 15 is 0 Å². The summed E-state index contributed by atoms with van der Waals surface area (Å²) in [5, 5.41) is 6.98. The van der Waals surface area contributed by atoms with Gasteiger partial charge < -0.3 is 9.84 Å². The largest absolute Gasteiger partial charge is 0.340 e. The van der Waals surface area contributed by atoms with E-state index in [1.807, 2.05) is 0 Å². The lowest BCUT2D eigenvalue weighted by Gasteiger charge is -2.05. The Kier molecular flexibility index (Phi) is 3.37. The van der Waals surface area contributed by atoms with Crippen molar-refractivity contribution in [2.75, 3.05) is 6.54 Å². The van der Waals surface area contributed by atoms with Gasteiger partial charge in [0.2, 0.25) is 5.89 Å². The lowest BCUT2D eigenvalue weighted by molar-refractivity contribution is 0.375. The molecule has 18 heavy (non-hydrogen) atoms. The first kappa shape index (κ1) is 11.4. The van der Waals surface area contributed by atoms with E-state index in [1.165, 1.54) is 30.3 Å². The molecule has 1 N–H and O–H groups in total. The molecule has 94 valence electrons. The van der Waals surface area contributed by atoms with E-state index in [0.717, 1.165) is 25.4 Å². The topological polar surface area (TPSA) is 51.0 Å². The first-order valence-corrected chi connectivity index (χ1v) is 6.47. The molecule has 0 aliphatic heterocycles. The molecule has 0 radical (unpaired) electrons. The van der Waals surface area contributed by atoms with Crippen molar-refractivity contribution < 1.29 is 4.52 Å². The van der Waals surface area contributed by atoms with Crippen molar-refractivity contribution in [2.24, 2.45) is 0 Å². The number of nitrogens with zero attached hydrogens (tertiary/aromatic N) is 2. The molecule has 1 aromatic heterocycles. The van der Waals surface area contributed by atoms with E-state index in [0.29, 0.717) is 5.89 Å². The standard InChI is InChI=1S/C14H17N3O/c1-2-11(8-13(3-1)12-4-5-12)9-15-7-6-14-16-10-17-18-14/h1-3,8,10,12,15H,4-7,9H2. The summed E-state index contributed by atoms with van der Waals surface area (Å²) in [4.78, 5) is 3.99. The van der Waals surface area contributed by atoms with Crippen molar-refractivity contribution in [3.8, 4) is 0 Å². The Morgan fingerprint density at radius 1 is 1.33 bits per heavy atom. The summed E-state index contributed by atoms with van der Waals surface area (Å²) >= 11 is 0. The highest BCUT2D eigenvalue weighted by molar-refractivity contribution is 5.29. The van der Waals surface area contributed by atoms with Gasteiger partial charge >= 0.3 is 0 Å². The summed E-state index contributed by atoms with van der Waals surface area (Å²) in [6, 6.07) is 8.88. The molecule has 1 aliphatic rings. The summed E-state index contributed by atoms with van der Waals surface area (Å²) in [7, 11) is 0. The van der Waals surface area contributed by atoms with Crippen LogP contribution in [-0.4, -0.2) is 16.7 Å². The highest BCUT2D eigenvalue weighted by Gasteiger charge is 2.23. The minimum absolute atomic E-state index is 0.689. The van der Waals surface area contributed by atoms with Gasteiger partial charge in [0.15, 0.2) is 6.33 Å². The zero-order chi connectivity index (χ0) is 12.2. The van der Waals surface area contributed by atoms with E-state index in [2.05, 4.69) is 39.7 Å². The second-order valence-electron chi connectivity index (χ2n) is 4.78. The fraction of sp³-hybridized carbons (Fsp3) is 0.429. The third-order valence-corrected chi connectivity index (χ3v) is 3.25. The first-order valence-electron chi connectivity index (χ1n) is 6.47. The third-order valence-electron chi connectivity index (χ3n) is 3.25. The summed E-state index contributed by atoms with van der Waals surface area (Å²) < 4.78 is 4.94. The van der Waals surface area contributed by atoms with Crippen LogP contribution in [0.4, 0.5) is 0 Å². The van der Waals surface area contributed by atoms with Crippen molar-refractivity contribution in [3.63, 3.8) is 0 Å². The third kappa shape index (κ3) is 2.96. The van der Waals surface area contributed by atoms with Crippen LogP contribution in [0.5, 0.6) is 0 Å². The summed E-state index contributed by atoms with van der Waals surface area (Å²) in [6.45, 7) is 1.75. The van der Waals surface area contributed by atoms with Crippen LogP contribution in [0.15, 0.2) is 35.1 Å². The SMILES string of the molecule is c1cc(CNCCc2ncno2)cc(C2CC2)c1. The molecule has 0 bridgehead atoms. The van der Waals surface area contributed by atoms with Crippen LogP contribution >= 0.6 is 0 Å². The predicted molar refractivity (Wildman–Crippen MR) is 68.1 cm³/mol. The number of aromatic nitrogens is 2. The Bertz CT molecular complexity index is 492. The van der Waals surface area contributed by atoms with E-state index < -0.39 is 0 Å².